The number of halogens is 2. The van der Waals surface area contributed by atoms with E-state index in [2.05, 4.69) is 20.6 Å². The molecular weight excluding hydrogens is 596 g/mol. The van der Waals surface area contributed by atoms with Gasteiger partial charge < -0.3 is 25.0 Å². The van der Waals surface area contributed by atoms with E-state index in [1.165, 1.54) is 18.3 Å². The molecule has 7 rings (SSSR count). The van der Waals surface area contributed by atoms with E-state index < -0.39 is 41.0 Å². The Balaban J connectivity index is 1.21. The predicted octanol–water partition coefficient (Wildman–Crippen LogP) is 3.31. The van der Waals surface area contributed by atoms with Gasteiger partial charge in [0.05, 0.1) is 37.4 Å². The Labute approximate surface area is 264 Å². The zero-order chi connectivity index (χ0) is 32.0. The first-order valence-corrected chi connectivity index (χ1v) is 15.4. The molecule has 5 heterocycles. The van der Waals surface area contributed by atoms with E-state index in [9.17, 15) is 18.8 Å². The molecule has 3 aromatic rings. The van der Waals surface area contributed by atoms with Gasteiger partial charge in [0.25, 0.3) is 5.91 Å². The van der Waals surface area contributed by atoms with Gasteiger partial charge in [0.2, 0.25) is 11.8 Å². The summed E-state index contributed by atoms with van der Waals surface area (Å²) in [6.45, 7) is 3.12. The van der Waals surface area contributed by atoms with Gasteiger partial charge in [-0.1, -0.05) is 24.3 Å². The lowest BCUT2D eigenvalue weighted by molar-refractivity contribution is -0.140. The van der Waals surface area contributed by atoms with Crippen molar-refractivity contribution >= 4 is 29.6 Å². The average molecular weight is 630 g/mol. The number of anilines is 1. The van der Waals surface area contributed by atoms with E-state index in [1.807, 2.05) is 18.2 Å². The van der Waals surface area contributed by atoms with Crippen LogP contribution in [0.15, 0.2) is 48.8 Å². The van der Waals surface area contributed by atoms with Gasteiger partial charge >= 0.3 is 0 Å². The van der Waals surface area contributed by atoms with Crippen molar-refractivity contribution in [3.63, 3.8) is 0 Å². The molecule has 2 N–H and O–H groups in total. The Kier molecular flexibility index (Phi) is 7.85. The Bertz CT molecular complexity index is 1770. The number of fused-ring (bicyclic) bond motifs is 4. The minimum atomic E-state index is -0.999. The number of aromatic nitrogens is 2. The summed E-state index contributed by atoms with van der Waals surface area (Å²) in [4.78, 5) is 51.3. The second kappa shape index (κ2) is 12.0. The van der Waals surface area contributed by atoms with Crippen LogP contribution >= 0.6 is 0 Å². The second-order valence-electron chi connectivity index (χ2n) is 12.3. The zero-order valence-corrected chi connectivity index (χ0v) is 25.2. The normalized spacial score (nSPS) is 27.1. The van der Waals surface area contributed by atoms with Crippen molar-refractivity contribution in [2.24, 2.45) is 0 Å². The highest BCUT2D eigenvalue weighted by molar-refractivity contribution is 6.06. The molecule has 1 fully saturated rings. The van der Waals surface area contributed by atoms with Crippen molar-refractivity contribution in [2.75, 3.05) is 38.3 Å². The van der Waals surface area contributed by atoms with E-state index in [4.69, 9.17) is 9.47 Å². The molecule has 1 saturated heterocycles. The number of nitrogens with one attached hydrogen (secondary N) is 2. The highest BCUT2D eigenvalue weighted by Gasteiger charge is 2.52. The topological polar surface area (TPSA) is 123 Å². The molecule has 46 heavy (non-hydrogen) atoms. The van der Waals surface area contributed by atoms with Gasteiger partial charge in [-0.15, -0.1) is 0 Å². The molecule has 12 heteroatoms. The van der Waals surface area contributed by atoms with E-state index in [1.54, 1.807) is 24.1 Å². The molecule has 1 spiro atoms. The monoisotopic (exact) mass is 629 g/mol. The first kappa shape index (κ1) is 30.1. The smallest absolute Gasteiger partial charge is 0.253 e. The molecule has 238 valence electrons. The highest BCUT2D eigenvalue weighted by Crippen LogP contribution is 2.46. The number of carbonyl (C=O) groups excluding carboxylic acids is 3. The molecule has 3 unspecified atom stereocenters. The number of hydrogen-bond donors (Lipinski definition) is 2. The summed E-state index contributed by atoms with van der Waals surface area (Å²) < 4.78 is 40.7. The number of ether oxygens (including phenoxy) is 2. The Morgan fingerprint density at radius 2 is 1.87 bits per heavy atom. The Morgan fingerprint density at radius 1 is 1.02 bits per heavy atom. The number of benzene rings is 1. The van der Waals surface area contributed by atoms with Crippen LogP contribution in [0.25, 0.3) is 6.08 Å². The molecule has 1 aromatic carbocycles. The van der Waals surface area contributed by atoms with Crippen LogP contribution in [0.5, 0.6) is 0 Å². The first-order chi connectivity index (χ1) is 22.2. The second-order valence-corrected chi connectivity index (χ2v) is 12.3. The highest BCUT2D eigenvalue weighted by atomic mass is 19.2. The molecule has 3 amide bonds. The van der Waals surface area contributed by atoms with Crippen LogP contribution in [0.1, 0.15) is 57.6 Å². The number of hydrogen-bond acceptors (Lipinski definition) is 7. The summed E-state index contributed by atoms with van der Waals surface area (Å²) in [5, 5.41) is 5.74. The summed E-state index contributed by atoms with van der Waals surface area (Å²) in [6, 6.07) is 6.18. The maximum absolute atomic E-state index is 15.0. The summed E-state index contributed by atoms with van der Waals surface area (Å²) in [5.74, 6) is -3.05. The van der Waals surface area contributed by atoms with Crippen molar-refractivity contribution in [3.8, 4) is 0 Å². The standard InChI is InChI=1S/C34H33F2N5O5/c1-19-24(23-5-2-6-26(35)29(23)36)14-27-32(43)41(19)7-9-46-11-10-45-8-3-4-20-12-25-30(38-17-20)40-33(44)34(25)15-21-13-22(31(42)39-27)18-37-28(21)16-34/h2-6,12-13,17-19,24,27H,7-11,14-16H2,1H3,(H,39,42)(H,38,40,44)/b4-3+/t19?,24?,27?,34-/m0/s1. The van der Waals surface area contributed by atoms with Crippen molar-refractivity contribution < 1.29 is 32.6 Å². The summed E-state index contributed by atoms with van der Waals surface area (Å²) in [6.07, 6.45) is 7.66. The molecule has 0 radical (unpaired) electrons. The third kappa shape index (κ3) is 5.25. The number of amides is 3. The summed E-state index contributed by atoms with van der Waals surface area (Å²) in [7, 11) is 0. The largest absolute Gasteiger partial charge is 0.377 e. The van der Waals surface area contributed by atoms with Gasteiger partial charge in [-0.2, -0.15) is 0 Å². The quantitative estimate of drug-likeness (QED) is 0.424. The number of rotatable bonds is 1. The molecule has 0 saturated carbocycles. The summed E-state index contributed by atoms with van der Waals surface area (Å²) >= 11 is 0. The lowest BCUT2D eigenvalue weighted by atomic mass is 9.79. The Hall–Kier alpha value is -4.55. The van der Waals surface area contributed by atoms with Crippen LogP contribution in [-0.2, 0) is 37.3 Å². The van der Waals surface area contributed by atoms with Gasteiger partial charge in [0, 0.05) is 48.6 Å². The van der Waals surface area contributed by atoms with Crippen molar-refractivity contribution in [2.45, 2.75) is 49.6 Å². The lowest BCUT2D eigenvalue weighted by Gasteiger charge is -2.43. The van der Waals surface area contributed by atoms with Gasteiger partial charge in [0.1, 0.15) is 11.9 Å². The number of pyridine rings is 2. The lowest BCUT2D eigenvalue weighted by Crippen LogP contribution is -2.58. The summed E-state index contributed by atoms with van der Waals surface area (Å²) in [5.41, 5.74) is 2.55. The number of nitrogens with zero attached hydrogens (tertiary/aromatic N) is 3. The fourth-order valence-electron chi connectivity index (χ4n) is 7.14. The number of piperidine rings is 1. The van der Waals surface area contributed by atoms with Crippen molar-refractivity contribution in [1.29, 1.82) is 0 Å². The molecule has 10 nitrogen and oxygen atoms in total. The fraction of sp³-hybridized carbons (Fsp3) is 0.382. The molecule has 3 aliphatic heterocycles. The minimum absolute atomic E-state index is 0.0819. The van der Waals surface area contributed by atoms with E-state index >= 15 is 4.39 Å². The Morgan fingerprint density at radius 3 is 2.74 bits per heavy atom. The third-order valence-corrected chi connectivity index (χ3v) is 9.58. The van der Waals surface area contributed by atoms with Crippen LogP contribution in [0.2, 0.25) is 0 Å². The molecule has 1 aliphatic carbocycles. The van der Waals surface area contributed by atoms with Gasteiger partial charge in [-0.25, -0.2) is 13.8 Å². The number of carbonyl (C=O) groups is 3. The molecule has 7 bridgehead atoms. The average Bonchev–Trinajstić information content (AvgIpc) is 3.56. The molecule has 4 aliphatic rings. The third-order valence-electron chi connectivity index (χ3n) is 9.58. The van der Waals surface area contributed by atoms with Crippen LogP contribution in [0, 0.1) is 11.6 Å². The SMILES string of the molecule is CC1C(c2cccc(F)c2F)CC2NC(=O)c3cnc4c(c3)C[C@@]3(C4)C(=O)Nc4ncc(cc43)/C=C/COCCOCCN1C2=O. The fourth-order valence-corrected chi connectivity index (χ4v) is 7.14. The van der Waals surface area contributed by atoms with Crippen molar-refractivity contribution in [1.82, 2.24) is 20.2 Å². The van der Waals surface area contributed by atoms with E-state index in [-0.39, 0.29) is 49.1 Å². The molecular formula is C34H33F2N5O5. The maximum atomic E-state index is 15.0. The minimum Gasteiger partial charge on any atom is -0.377 e. The molecule has 4 atom stereocenters. The van der Waals surface area contributed by atoms with Gasteiger partial charge in [-0.3, -0.25) is 19.4 Å². The van der Waals surface area contributed by atoms with Gasteiger partial charge in [0.15, 0.2) is 11.6 Å². The van der Waals surface area contributed by atoms with Gasteiger partial charge in [-0.05, 0) is 54.7 Å². The van der Waals surface area contributed by atoms with Crippen LogP contribution in [0.4, 0.5) is 14.6 Å². The predicted molar refractivity (Wildman–Crippen MR) is 163 cm³/mol. The zero-order valence-electron chi connectivity index (χ0n) is 25.2. The first-order valence-electron chi connectivity index (χ1n) is 15.4. The molecule has 2 aromatic heterocycles. The van der Waals surface area contributed by atoms with E-state index in [0.29, 0.717) is 37.6 Å². The maximum Gasteiger partial charge on any atom is 0.253 e. The van der Waals surface area contributed by atoms with E-state index in [0.717, 1.165) is 22.8 Å². The van der Waals surface area contributed by atoms with Crippen LogP contribution < -0.4 is 10.6 Å². The van der Waals surface area contributed by atoms with Crippen LogP contribution in [-0.4, -0.2) is 77.6 Å². The van der Waals surface area contributed by atoms with Crippen LogP contribution in [0.3, 0.4) is 0 Å². The van der Waals surface area contributed by atoms with Crippen molar-refractivity contribution in [3.05, 3.63) is 93.9 Å².